The lowest BCUT2D eigenvalue weighted by Crippen LogP contribution is -2.36. The van der Waals surface area contributed by atoms with E-state index in [0.717, 1.165) is 6.42 Å². The average molecular weight is 410 g/mol. The Morgan fingerprint density at radius 1 is 0.926 bits per heavy atom. The molecule has 4 heteroatoms. The van der Waals surface area contributed by atoms with Crippen molar-refractivity contribution >= 4 is 49.0 Å². The Hall–Kier alpha value is -1.20. The molecule has 0 aromatic carbocycles. The van der Waals surface area contributed by atoms with Crippen LogP contribution in [0.2, 0.25) is 0 Å². The summed E-state index contributed by atoms with van der Waals surface area (Å²) in [6.07, 6.45) is 3.54. The van der Waals surface area contributed by atoms with E-state index in [1.807, 2.05) is 22.7 Å². The molecule has 1 unspecified atom stereocenters. The van der Waals surface area contributed by atoms with Crippen molar-refractivity contribution in [3.05, 3.63) is 49.7 Å². The van der Waals surface area contributed by atoms with Crippen LogP contribution in [-0.4, -0.2) is 7.05 Å². The fourth-order valence-corrected chi connectivity index (χ4v) is 10.2. The summed E-state index contributed by atoms with van der Waals surface area (Å²) < 4.78 is 3.07. The third-order valence-corrected chi connectivity index (χ3v) is 10.7. The first-order valence-corrected chi connectivity index (χ1v) is 12.0. The number of hydrogen-bond acceptors (Lipinski definition) is 4. The van der Waals surface area contributed by atoms with E-state index in [2.05, 4.69) is 70.5 Å². The van der Waals surface area contributed by atoms with Gasteiger partial charge in [0.05, 0.1) is 19.8 Å². The standard InChI is InChI=1S/C23H23NS3/c1-10-7-12-13(8-10)23(5,24-6)16-17(12)26-20-15-19(27-21(16)20)18-14(22(15,3)4)9-11(2)25-18/h8-9,24H,7H2,1-6H3. The van der Waals surface area contributed by atoms with Gasteiger partial charge >= 0.3 is 0 Å². The van der Waals surface area contributed by atoms with E-state index >= 15 is 0 Å². The minimum absolute atomic E-state index is 0.0579. The Balaban J connectivity index is 1.68. The largest absolute Gasteiger partial charge is 0.307 e. The van der Waals surface area contributed by atoms with Gasteiger partial charge in [-0.2, -0.15) is 0 Å². The Bertz CT molecular complexity index is 1240. The maximum absolute atomic E-state index is 3.69. The molecule has 3 aromatic rings. The number of fused-ring (bicyclic) bond motifs is 8. The minimum atomic E-state index is -0.0579. The summed E-state index contributed by atoms with van der Waals surface area (Å²) in [6, 6.07) is 2.42. The van der Waals surface area contributed by atoms with Crippen LogP contribution in [0.4, 0.5) is 0 Å². The van der Waals surface area contributed by atoms with Gasteiger partial charge in [-0.15, -0.1) is 34.0 Å². The highest BCUT2D eigenvalue weighted by Gasteiger charge is 2.48. The number of hydrogen-bond donors (Lipinski definition) is 1. The first-order valence-electron chi connectivity index (χ1n) is 9.59. The van der Waals surface area contributed by atoms with Gasteiger partial charge in [-0.25, -0.2) is 0 Å². The van der Waals surface area contributed by atoms with Gasteiger partial charge in [0.2, 0.25) is 0 Å². The maximum atomic E-state index is 3.69. The van der Waals surface area contributed by atoms with Crippen molar-refractivity contribution in [1.82, 2.24) is 5.32 Å². The molecular weight excluding hydrogens is 386 g/mol. The number of thiophene rings is 3. The fourth-order valence-electron chi connectivity index (χ4n) is 5.41. The van der Waals surface area contributed by atoms with Crippen LogP contribution >= 0.6 is 34.0 Å². The van der Waals surface area contributed by atoms with Crippen LogP contribution in [0, 0.1) is 6.92 Å². The van der Waals surface area contributed by atoms with E-state index in [0.29, 0.717) is 0 Å². The third kappa shape index (κ3) is 1.75. The van der Waals surface area contributed by atoms with Gasteiger partial charge in [0, 0.05) is 25.6 Å². The van der Waals surface area contributed by atoms with E-state index in [1.54, 1.807) is 26.3 Å². The van der Waals surface area contributed by atoms with Gasteiger partial charge in [-0.1, -0.05) is 25.5 Å². The highest BCUT2D eigenvalue weighted by Crippen LogP contribution is 2.64. The summed E-state index contributed by atoms with van der Waals surface area (Å²) in [4.78, 5) is 6.03. The SMILES string of the molecule is CNC1(C)C2=C(CC(C)=C2)c2sc3c4c(sc3c21)-c1sc(C)cc1C4(C)C. The summed E-state index contributed by atoms with van der Waals surface area (Å²) >= 11 is 6.08. The second-order valence-electron chi connectivity index (χ2n) is 8.93. The molecule has 0 radical (unpaired) electrons. The Kier molecular flexibility index (Phi) is 3.01. The van der Waals surface area contributed by atoms with Crippen LogP contribution < -0.4 is 5.32 Å². The topological polar surface area (TPSA) is 12.0 Å². The highest BCUT2D eigenvalue weighted by atomic mass is 32.1. The van der Waals surface area contributed by atoms with Crippen LogP contribution in [-0.2, 0) is 11.0 Å². The number of rotatable bonds is 1. The molecule has 6 rings (SSSR count). The molecule has 0 amide bonds. The molecule has 0 saturated heterocycles. The van der Waals surface area contributed by atoms with Crippen LogP contribution in [0.25, 0.3) is 24.7 Å². The fraction of sp³-hybridized carbons (Fsp3) is 0.391. The lowest BCUT2D eigenvalue weighted by Gasteiger charge is -2.27. The number of nitrogens with one attached hydrogen (secondary N) is 1. The van der Waals surface area contributed by atoms with E-state index in [-0.39, 0.29) is 11.0 Å². The molecule has 1 atom stereocenters. The summed E-state index contributed by atoms with van der Waals surface area (Å²) in [5.41, 5.74) is 9.30. The normalized spacial score (nSPS) is 24.4. The van der Waals surface area contributed by atoms with Crippen molar-refractivity contribution in [2.24, 2.45) is 0 Å². The molecule has 3 aliphatic carbocycles. The van der Waals surface area contributed by atoms with Gasteiger partial charge < -0.3 is 5.32 Å². The predicted octanol–water partition coefficient (Wildman–Crippen LogP) is 7.19. The van der Waals surface area contributed by atoms with Crippen LogP contribution in [0.15, 0.2) is 23.3 Å². The number of likely N-dealkylation sites (N-methyl/N-ethyl adjacent to an activating group) is 1. The number of allylic oxidation sites excluding steroid dienone is 2. The zero-order chi connectivity index (χ0) is 18.9. The highest BCUT2D eigenvalue weighted by molar-refractivity contribution is 7.32. The van der Waals surface area contributed by atoms with Crippen molar-refractivity contribution in [3.8, 4) is 9.75 Å². The van der Waals surface area contributed by atoms with Gasteiger partial charge in [0.1, 0.15) is 0 Å². The molecule has 1 N–H and O–H groups in total. The monoisotopic (exact) mass is 409 g/mol. The lowest BCUT2D eigenvalue weighted by molar-refractivity contribution is 0.498. The predicted molar refractivity (Wildman–Crippen MR) is 122 cm³/mol. The first kappa shape index (κ1) is 16.7. The molecule has 27 heavy (non-hydrogen) atoms. The second-order valence-corrected chi connectivity index (χ2v) is 12.2. The minimum Gasteiger partial charge on any atom is -0.307 e. The van der Waals surface area contributed by atoms with Gasteiger partial charge in [0.25, 0.3) is 0 Å². The van der Waals surface area contributed by atoms with E-state index < -0.39 is 0 Å². The molecule has 3 heterocycles. The van der Waals surface area contributed by atoms with Gasteiger partial charge in [-0.05, 0) is 62.6 Å². The third-order valence-electron chi connectivity index (χ3n) is 6.87. The van der Waals surface area contributed by atoms with Gasteiger partial charge in [-0.3, -0.25) is 0 Å². The van der Waals surface area contributed by atoms with E-state index in [4.69, 9.17) is 0 Å². The Morgan fingerprint density at radius 2 is 1.63 bits per heavy atom. The molecule has 0 saturated carbocycles. The summed E-state index contributed by atoms with van der Waals surface area (Å²) in [7, 11) is 2.12. The summed E-state index contributed by atoms with van der Waals surface area (Å²) in [5, 5.41) is 3.69. The second kappa shape index (κ2) is 4.85. The van der Waals surface area contributed by atoms with E-state index in [9.17, 15) is 0 Å². The maximum Gasteiger partial charge on any atom is 0.0691 e. The molecule has 1 nitrogen and oxygen atoms in total. The lowest BCUT2D eigenvalue weighted by atomic mass is 9.83. The Labute approximate surface area is 172 Å². The molecule has 0 spiro atoms. The molecule has 3 aliphatic rings. The van der Waals surface area contributed by atoms with Crippen molar-refractivity contribution in [3.63, 3.8) is 0 Å². The van der Waals surface area contributed by atoms with Gasteiger partial charge in [0.15, 0.2) is 0 Å². The molecule has 0 bridgehead atoms. The van der Waals surface area contributed by atoms with Crippen LogP contribution in [0.1, 0.15) is 60.6 Å². The zero-order valence-electron chi connectivity index (χ0n) is 16.6. The van der Waals surface area contributed by atoms with Crippen LogP contribution in [0.3, 0.4) is 0 Å². The molecule has 0 fully saturated rings. The quantitative estimate of drug-likeness (QED) is 0.448. The average Bonchev–Trinajstić information content (AvgIpc) is 3.36. The molecule has 3 aromatic heterocycles. The first-order chi connectivity index (χ1) is 12.8. The molecule has 138 valence electrons. The molecular formula is C23H23NS3. The summed E-state index contributed by atoms with van der Waals surface area (Å²) in [6.45, 7) is 11.7. The number of aryl methyl sites for hydroxylation is 1. The van der Waals surface area contributed by atoms with Crippen molar-refractivity contribution in [1.29, 1.82) is 0 Å². The van der Waals surface area contributed by atoms with Crippen molar-refractivity contribution in [2.75, 3.05) is 7.05 Å². The van der Waals surface area contributed by atoms with Crippen molar-refractivity contribution < 1.29 is 0 Å². The van der Waals surface area contributed by atoms with E-state index in [1.165, 1.54) is 36.0 Å². The Morgan fingerprint density at radius 3 is 2.37 bits per heavy atom. The van der Waals surface area contributed by atoms with Crippen molar-refractivity contribution in [2.45, 2.75) is 52.0 Å². The smallest absolute Gasteiger partial charge is 0.0691 e. The summed E-state index contributed by atoms with van der Waals surface area (Å²) in [5.74, 6) is 0. The van der Waals surface area contributed by atoms with Crippen LogP contribution in [0.5, 0.6) is 0 Å². The zero-order valence-corrected chi connectivity index (χ0v) is 19.0. The molecule has 0 aliphatic heterocycles.